The van der Waals surface area contributed by atoms with Gasteiger partial charge in [0.1, 0.15) is 18.8 Å². The zero-order valence-electron chi connectivity index (χ0n) is 19.5. The predicted molar refractivity (Wildman–Crippen MR) is 111 cm³/mol. The molecule has 1 heterocycles. The minimum Gasteiger partial charge on any atom is -0.463 e. The number of hydrogen-bond donors (Lipinski definition) is 1. The van der Waals surface area contributed by atoms with Gasteiger partial charge < -0.3 is 29.0 Å². The van der Waals surface area contributed by atoms with Crippen molar-refractivity contribution in [1.29, 1.82) is 0 Å². The summed E-state index contributed by atoms with van der Waals surface area (Å²) in [5.74, 6) is -3.27. The molecule has 33 heavy (non-hydrogen) atoms. The Morgan fingerprint density at radius 1 is 0.758 bits per heavy atom. The fourth-order valence-electron chi connectivity index (χ4n) is 4.14. The molecule has 1 unspecified atom stereocenters. The lowest BCUT2D eigenvalue weighted by Crippen LogP contribution is -2.67. The molecule has 2 aliphatic rings. The van der Waals surface area contributed by atoms with E-state index < -0.39 is 54.5 Å². The summed E-state index contributed by atoms with van der Waals surface area (Å²) in [4.78, 5) is 59.9. The highest BCUT2D eigenvalue weighted by Crippen LogP contribution is 2.29. The number of ether oxygens (including phenoxy) is 5. The molecule has 1 aliphatic heterocycles. The molecule has 0 bridgehead atoms. The minimum absolute atomic E-state index is 0.255. The average molecular weight is 472 g/mol. The third kappa shape index (κ3) is 8.30. The summed E-state index contributed by atoms with van der Waals surface area (Å²) in [6.45, 7) is 4.31. The molecule has 0 aromatic heterocycles. The normalized spacial score (nSPS) is 28.1. The molecule has 186 valence electrons. The highest BCUT2D eigenvalue weighted by atomic mass is 16.7. The van der Waals surface area contributed by atoms with Crippen LogP contribution in [0.5, 0.6) is 0 Å². The van der Waals surface area contributed by atoms with Crippen molar-refractivity contribution >= 4 is 29.8 Å². The molecule has 2 rings (SSSR count). The third-order valence-corrected chi connectivity index (χ3v) is 5.52. The predicted octanol–water partition coefficient (Wildman–Crippen LogP) is 1.16. The van der Waals surface area contributed by atoms with E-state index in [1.807, 2.05) is 0 Å². The Bertz CT molecular complexity index is 731. The van der Waals surface area contributed by atoms with Crippen LogP contribution in [0.15, 0.2) is 0 Å². The molecule has 0 aromatic rings. The van der Waals surface area contributed by atoms with Gasteiger partial charge in [0.2, 0.25) is 12.2 Å². The number of rotatable bonds is 7. The highest BCUT2D eigenvalue weighted by molar-refractivity contribution is 5.79. The van der Waals surface area contributed by atoms with Gasteiger partial charge in [0.25, 0.3) is 0 Å². The summed E-state index contributed by atoms with van der Waals surface area (Å²) in [5.41, 5.74) is 0. The molecule has 5 atom stereocenters. The quantitative estimate of drug-likeness (QED) is 0.326. The molecule has 1 aliphatic carbocycles. The summed E-state index contributed by atoms with van der Waals surface area (Å²) >= 11 is 0. The molecule has 1 amide bonds. The number of nitrogens with one attached hydrogen (secondary N) is 1. The van der Waals surface area contributed by atoms with Gasteiger partial charge >= 0.3 is 23.9 Å². The topological polar surface area (TPSA) is 144 Å². The molecule has 1 saturated heterocycles. The van der Waals surface area contributed by atoms with Gasteiger partial charge in [-0.05, 0) is 12.8 Å². The lowest BCUT2D eigenvalue weighted by atomic mass is 9.94. The van der Waals surface area contributed by atoms with E-state index in [1.54, 1.807) is 0 Å². The first-order valence-corrected chi connectivity index (χ1v) is 11.2. The summed E-state index contributed by atoms with van der Waals surface area (Å²) in [7, 11) is 0. The average Bonchev–Trinajstić information content (AvgIpc) is 2.99. The van der Waals surface area contributed by atoms with Crippen molar-refractivity contribution in [3.05, 3.63) is 0 Å². The van der Waals surface area contributed by atoms with Crippen LogP contribution in [0, 0.1) is 5.92 Å². The maximum atomic E-state index is 13.1. The van der Waals surface area contributed by atoms with Crippen molar-refractivity contribution in [3.8, 4) is 0 Å². The van der Waals surface area contributed by atoms with Crippen LogP contribution >= 0.6 is 0 Å². The second-order valence-electron chi connectivity index (χ2n) is 8.33. The van der Waals surface area contributed by atoms with Crippen LogP contribution in [0.1, 0.15) is 66.2 Å². The lowest BCUT2D eigenvalue weighted by Gasteiger charge is -2.44. The van der Waals surface area contributed by atoms with Gasteiger partial charge in [-0.3, -0.25) is 24.0 Å². The first kappa shape index (κ1) is 26.6. The molecule has 1 saturated carbocycles. The van der Waals surface area contributed by atoms with Crippen LogP contribution in [0.25, 0.3) is 0 Å². The Hall–Kier alpha value is -2.69. The van der Waals surface area contributed by atoms with E-state index in [-0.39, 0.29) is 18.4 Å². The largest absolute Gasteiger partial charge is 0.463 e. The molecule has 2 fully saturated rings. The SMILES string of the molecule is CC(=O)OC[C@H]1OC(OC(C)=O)[C@H](NC(=O)C2CCCCCC2)[C@@H](OC(C)=O)[C@@H]1OC(C)=O. The van der Waals surface area contributed by atoms with Crippen LogP contribution in [-0.4, -0.2) is 67.0 Å². The lowest BCUT2D eigenvalue weighted by molar-refractivity contribution is -0.271. The van der Waals surface area contributed by atoms with E-state index in [2.05, 4.69) is 5.32 Å². The van der Waals surface area contributed by atoms with Crippen molar-refractivity contribution in [3.63, 3.8) is 0 Å². The van der Waals surface area contributed by atoms with E-state index in [4.69, 9.17) is 23.7 Å². The van der Waals surface area contributed by atoms with E-state index in [9.17, 15) is 24.0 Å². The molecule has 0 radical (unpaired) electrons. The maximum Gasteiger partial charge on any atom is 0.305 e. The van der Waals surface area contributed by atoms with Crippen molar-refractivity contribution < 1.29 is 47.7 Å². The fraction of sp³-hybridized carbons (Fsp3) is 0.773. The number of carbonyl (C=O) groups is 5. The molecule has 0 spiro atoms. The Kier molecular flexibility index (Phi) is 10.1. The van der Waals surface area contributed by atoms with Gasteiger partial charge in [0.05, 0.1) is 0 Å². The summed E-state index contributed by atoms with van der Waals surface area (Å²) in [6, 6.07) is -1.15. The number of carbonyl (C=O) groups excluding carboxylic acids is 5. The van der Waals surface area contributed by atoms with Crippen molar-refractivity contribution in [1.82, 2.24) is 5.32 Å². The number of esters is 4. The Morgan fingerprint density at radius 2 is 1.30 bits per heavy atom. The second-order valence-corrected chi connectivity index (χ2v) is 8.33. The van der Waals surface area contributed by atoms with E-state index in [1.165, 1.54) is 6.92 Å². The van der Waals surface area contributed by atoms with E-state index in [0.717, 1.165) is 46.5 Å². The number of amides is 1. The van der Waals surface area contributed by atoms with Crippen LogP contribution in [0.4, 0.5) is 0 Å². The molecular formula is C22H33NO10. The van der Waals surface area contributed by atoms with Crippen LogP contribution in [0.3, 0.4) is 0 Å². The fourth-order valence-corrected chi connectivity index (χ4v) is 4.14. The van der Waals surface area contributed by atoms with Crippen LogP contribution < -0.4 is 5.32 Å². The molecule has 0 aromatic carbocycles. The Morgan fingerprint density at radius 3 is 1.82 bits per heavy atom. The monoisotopic (exact) mass is 471 g/mol. The van der Waals surface area contributed by atoms with E-state index >= 15 is 0 Å². The van der Waals surface area contributed by atoms with Crippen LogP contribution in [0.2, 0.25) is 0 Å². The Labute approximate surface area is 192 Å². The zero-order valence-corrected chi connectivity index (χ0v) is 19.5. The highest BCUT2D eigenvalue weighted by Gasteiger charge is 2.52. The van der Waals surface area contributed by atoms with Gasteiger partial charge in [0, 0.05) is 33.6 Å². The summed E-state index contributed by atoms with van der Waals surface area (Å²) in [6.07, 6.45) is 0.393. The smallest absolute Gasteiger partial charge is 0.305 e. The first-order valence-electron chi connectivity index (χ1n) is 11.2. The molecular weight excluding hydrogens is 438 g/mol. The van der Waals surface area contributed by atoms with Gasteiger partial charge in [-0.25, -0.2) is 0 Å². The molecule has 11 nitrogen and oxygen atoms in total. The van der Waals surface area contributed by atoms with E-state index in [0.29, 0.717) is 12.8 Å². The molecule has 11 heteroatoms. The molecule has 1 N–H and O–H groups in total. The Balaban J connectivity index is 2.37. The number of hydrogen-bond acceptors (Lipinski definition) is 10. The van der Waals surface area contributed by atoms with Gasteiger partial charge in [-0.15, -0.1) is 0 Å². The first-order chi connectivity index (χ1) is 15.6. The van der Waals surface area contributed by atoms with Gasteiger partial charge in [0.15, 0.2) is 12.2 Å². The van der Waals surface area contributed by atoms with Crippen LogP contribution in [-0.2, 0) is 47.7 Å². The second kappa shape index (κ2) is 12.5. The van der Waals surface area contributed by atoms with Gasteiger partial charge in [-0.2, -0.15) is 0 Å². The third-order valence-electron chi connectivity index (χ3n) is 5.52. The van der Waals surface area contributed by atoms with Gasteiger partial charge in [-0.1, -0.05) is 25.7 Å². The standard InChI is InChI=1S/C22H33NO10/c1-12(24)29-11-17-19(30-13(2)25)20(31-14(3)26)18(22(33-17)32-15(4)27)23-21(28)16-9-7-5-6-8-10-16/h16-20,22H,5-11H2,1-4H3,(H,23,28)/t17-,18-,19-,20-,22?/m1/s1. The zero-order chi connectivity index (χ0) is 24.5. The summed E-state index contributed by atoms with van der Waals surface area (Å²) < 4.78 is 26.9. The van der Waals surface area contributed by atoms with Crippen molar-refractivity contribution in [2.24, 2.45) is 5.92 Å². The van der Waals surface area contributed by atoms with Crippen molar-refractivity contribution in [2.75, 3.05) is 6.61 Å². The summed E-state index contributed by atoms with van der Waals surface area (Å²) in [5, 5.41) is 2.80. The van der Waals surface area contributed by atoms with Crippen molar-refractivity contribution in [2.45, 2.75) is 96.9 Å². The minimum atomic E-state index is -1.37. The maximum absolute atomic E-state index is 13.1.